The minimum Gasteiger partial charge on any atom is -0.460 e. The lowest BCUT2D eigenvalue weighted by molar-refractivity contribution is -0.160. The van der Waals surface area contributed by atoms with Gasteiger partial charge in [0, 0.05) is 5.92 Å². The van der Waals surface area contributed by atoms with Gasteiger partial charge in [0.15, 0.2) is 0 Å². The van der Waals surface area contributed by atoms with Crippen LogP contribution in [0.2, 0.25) is 0 Å². The van der Waals surface area contributed by atoms with E-state index in [0.717, 1.165) is 37.0 Å². The normalized spacial score (nSPS) is 38.1. The van der Waals surface area contributed by atoms with Crippen molar-refractivity contribution in [2.24, 2.45) is 29.1 Å². The Kier molecular flexibility index (Phi) is 3.66. The van der Waals surface area contributed by atoms with Gasteiger partial charge in [0.2, 0.25) is 5.78 Å². The van der Waals surface area contributed by atoms with E-state index in [4.69, 9.17) is 0 Å². The van der Waals surface area contributed by atoms with Gasteiger partial charge >= 0.3 is 11.8 Å². The molecule has 0 heterocycles. The van der Waals surface area contributed by atoms with Crippen molar-refractivity contribution < 1.29 is 19.1 Å². The molecule has 4 aliphatic rings. The molecule has 0 spiro atoms. The van der Waals surface area contributed by atoms with Crippen LogP contribution in [0.3, 0.4) is 0 Å². The zero-order valence-corrected chi connectivity index (χ0v) is 12.9. The highest BCUT2D eigenvalue weighted by Crippen LogP contribution is 2.62. The first-order chi connectivity index (χ1) is 9.95. The van der Waals surface area contributed by atoms with E-state index < -0.39 is 17.5 Å². The van der Waals surface area contributed by atoms with E-state index in [1.54, 1.807) is 6.92 Å². The predicted octanol–water partition coefficient (Wildman–Crippen LogP) is 2.54. The Labute approximate surface area is 125 Å². The Balaban J connectivity index is 1.75. The number of esters is 1. The van der Waals surface area contributed by atoms with E-state index in [9.17, 15) is 14.4 Å². The molecule has 4 aliphatic carbocycles. The van der Waals surface area contributed by atoms with Crippen molar-refractivity contribution in [1.82, 2.24) is 0 Å². The zero-order valence-electron chi connectivity index (χ0n) is 12.9. The van der Waals surface area contributed by atoms with Crippen molar-refractivity contribution in [1.29, 1.82) is 0 Å². The third-order valence-electron chi connectivity index (χ3n) is 6.08. The molecule has 1 unspecified atom stereocenters. The second-order valence-electron chi connectivity index (χ2n) is 7.42. The fraction of sp³-hybridized carbons (Fsp3) is 0.824. The van der Waals surface area contributed by atoms with Gasteiger partial charge in [0.25, 0.3) is 0 Å². The highest BCUT2D eigenvalue weighted by molar-refractivity contribution is 6.62. The number of hydrogen-bond acceptors (Lipinski definition) is 4. The number of ether oxygens (including phenoxy) is 1. The lowest BCUT2D eigenvalue weighted by atomic mass is 9.46. The van der Waals surface area contributed by atoms with Crippen LogP contribution in [-0.4, -0.2) is 24.1 Å². The van der Waals surface area contributed by atoms with Crippen molar-refractivity contribution >= 4 is 17.5 Å². The molecule has 0 aromatic heterocycles. The summed E-state index contributed by atoms with van der Waals surface area (Å²) in [5.74, 6) is -0.644. The molecule has 1 atom stereocenters. The lowest BCUT2D eigenvalue weighted by Crippen LogP contribution is -2.52. The number of ketones is 2. The van der Waals surface area contributed by atoms with Gasteiger partial charge in [0.05, 0.1) is 6.61 Å². The summed E-state index contributed by atoms with van der Waals surface area (Å²) >= 11 is 0. The Bertz CT molecular complexity index is 444. The smallest absolute Gasteiger partial charge is 0.382 e. The zero-order chi connectivity index (χ0) is 15.2. The summed E-state index contributed by atoms with van der Waals surface area (Å²) in [4.78, 5) is 35.9. The van der Waals surface area contributed by atoms with Gasteiger partial charge in [-0.15, -0.1) is 0 Å². The highest BCUT2D eigenvalue weighted by atomic mass is 16.5. The molecular weight excluding hydrogens is 268 g/mol. The van der Waals surface area contributed by atoms with Crippen LogP contribution in [0.4, 0.5) is 0 Å². The Morgan fingerprint density at radius 1 is 1.05 bits per heavy atom. The minimum absolute atomic E-state index is 0.0337. The Hall–Kier alpha value is -1.19. The van der Waals surface area contributed by atoms with E-state index in [0.29, 0.717) is 0 Å². The summed E-state index contributed by atoms with van der Waals surface area (Å²) in [6.45, 7) is 3.62. The fourth-order valence-electron chi connectivity index (χ4n) is 5.48. The van der Waals surface area contributed by atoms with Crippen LogP contribution in [0.1, 0.15) is 52.4 Å². The summed E-state index contributed by atoms with van der Waals surface area (Å²) in [5, 5.41) is 0. The van der Waals surface area contributed by atoms with Crippen LogP contribution in [0.15, 0.2) is 0 Å². The monoisotopic (exact) mass is 292 g/mol. The predicted molar refractivity (Wildman–Crippen MR) is 76.4 cm³/mol. The van der Waals surface area contributed by atoms with Crippen LogP contribution in [0.25, 0.3) is 0 Å². The van der Waals surface area contributed by atoms with Crippen LogP contribution in [0.5, 0.6) is 0 Å². The van der Waals surface area contributed by atoms with Gasteiger partial charge in [-0.05, 0) is 68.6 Å². The molecule has 0 aromatic carbocycles. The average Bonchev–Trinajstić information content (AvgIpc) is 2.43. The molecule has 21 heavy (non-hydrogen) atoms. The third kappa shape index (κ3) is 2.43. The minimum atomic E-state index is -0.987. The molecule has 0 aromatic rings. The Morgan fingerprint density at radius 2 is 1.52 bits per heavy atom. The summed E-state index contributed by atoms with van der Waals surface area (Å²) < 4.78 is 4.68. The van der Waals surface area contributed by atoms with E-state index >= 15 is 0 Å². The molecule has 0 aliphatic heterocycles. The standard InChI is InChI=1S/C17H24O4/c1-3-21-16(20)15(19)14(18)10(2)17-7-11-4-12(8-17)6-13(5-11)9-17/h10-13H,3-9H2,1-2H3. The average molecular weight is 292 g/mol. The first kappa shape index (κ1) is 14.7. The maximum absolute atomic E-state index is 12.4. The van der Waals surface area contributed by atoms with Crippen molar-refractivity contribution in [2.75, 3.05) is 6.61 Å². The van der Waals surface area contributed by atoms with Crippen LogP contribution in [0, 0.1) is 29.1 Å². The molecule has 116 valence electrons. The maximum Gasteiger partial charge on any atom is 0.382 e. The number of Topliss-reactive ketones (excluding diaryl/α,β-unsaturated/α-hetero) is 2. The number of rotatable bonds is 5. The summed E-state index contributed by atoms with van der Waals surface area (Å²) in [7, 11) is 0. The molecule has 4 rings (SSSR count). The largest absolute Gasteiger partial charge is 0.460 e. The maximum atomic E-state index is 12.4. The van der Waals surface area contributed by atoms with Crippen molar-refractivity contribution in [2.45, 2.75) is 52.4 Å². The van der Waals surface area contributed by atoms with E-state index in [1.807, 2.05) is 6.92 Å². The quantitative estimate of drug-likeness (QED) is 0.444. The summed E-state index contributed by atoms with van der Waals surface area (Å²) in [6.07, 6.45) is 7.07. The van der Waals surface area contributed by atoms with Crippen molar-refractivity contribution in [3.63, 3.8) is 0 Å². The van der Waals surface area contributed by atoms with Gasteiger partial charge in [-0.3, -0.25) is 9.59 Å². The molecule has 0 amide bonds. The van der Waals surface area contributed by atoms with E-state index in [2.05, 4.69) is 4.74 Å². The first-order valence-corrected chi connectivity index (χ1v) is 8.20. The van der Waals surface area contributed by atoms with Crippen molar-refractivity contribution in [3.05, 3.63) is 0 Å². The lowest BCUT2D eigenvalue weighted by Gasteiger charge is -2.58. The van der Waals surface area contributed by atoms with Gasteiger partial charge in [0.1, 0.15) is 0 Å². The Morgan fingerprint density at radius 3 is 1.95 bits per heavy atom. The highest BCUT2D eigenvalue weighted by Gasteiger charge is 2.55. The summed E-state index contributed by atoms with van der Waals surface area (Å²) in [6, 6.07) is 0. The number of carbonyl (C=O) groups excluding carboxylic acids is 3. The van der Waals surface area contributed by atoms with Gasteiger partial charge in [-0.1, -0.05) is 6.92 Å². The fourth-order valence-corrected chi connectivity index (χ4v) is 5.48. The van der Waals surface area contributed by atoms with Crippen molar-refractivity contribution in [3.8, 4) is 0 Å². The second-order valence-corrected chi connectivity index (χ2v) is 7.42. The first-order valence-electron chi connectivity index (χ1n) is 8.20. The van der Waals surface area contributed by atoms with Gasteiger partial charge in [-0.25, -0.2) is 4.79 Å². The second kappa shape index (κ2) is 5.22. The molecule has 4 saturated carbocycles. The van der Waals surface area contributed by atoms with Gasteiger partial charge < -0.3 is 4.74 Å². The van der Waals surface area contributed by atoms with Gasteiger partial charge in [-0.2, -0.15) is 0 Å². The van der Waals surface area contributed by atoms with E-state index in [1.165, 1.54) is 19.3 Å². The van der Waals surface area contributed by atoms with E-state index in [-0.39, 0.29) is 17.9 Å². The SMILES string of the molecule is CCOC(=O)C(=O)C(=O)C(C)C12CC3CC(CC(C3)C1)C2. The van der Waals surface area contributed by atoms with Crippen LogP contribution >= 0.6 is 0 Å². The molecule has 4 fully saturated rings. The molecule has 0 radical (unpaired) electrons. The summed E-state index contributed by atoms with van der Waals surface area (Å²) in [5.41, 5.74) is -0.0337. The molecular formula is C17H24O4. The van der Waals surface area contributed by atoms with Crippen LogP contribution < -0.4 is 0 Å². The molecule has 4 nitrogen and oxygen atoms in total. The molecule has 0 N–H and O–H groups in total. The molecule has 0 saturated heterocycles. The third-order valence-corrected chi connectivity index (χ3v) is 6.08. The van der Waals surface area contributed by atoms with Crippen LogP contribution in [-0.2, 0) is 19.1 Å². The number of carbonyl (C=O) groups is 3. The molecule has 4 bridgehead atoms. The number of hydrogen-bond donors (Lipinski definition) is 0. The molecule has 4 heteroatoms. The topological polar surface area (TPSA) is 60.4 Å².